The van der Waals surface area contributed by atoms with E-state index < -0.39 is 23.9 Å². The Bertz CT molecular complexity index is 1280. The SMILES string of the molecule is CC(C)[C@H]1C(=O)N(CC(=O)N[C@H](CO)Cc2ccccc2)C(c2ccccc2)=CN1C(=O)c1ccccn1. The van der Waals surface area contributed by atoms with Crippen molar-refractivity contribution < 1.29 is 19.5 Å². The molecule has 0 saturated heterocycles. The number of aliphatic hydroxyl groups excluding tert-OH is 1. The van der Waals surface area contributed by atoms with Gasteiger partial charge in [0, 0.05) is 12.4 Å². The van der Waals surface area contributed by atoms with Gasteiger partial charge in [-0.1, -0.05) is 80.6 Å². The predicted octanol–water partition coefficient (Wildman–Crippen LogP) is 3.11. The Morgan fingerprint density at radius 2 is 1.63 bits per heavy atom. The Morgan fingerprint density at radius 3 is 2.24 bits per heavy atom. The number of carbonyl (C=O) groups excluding carboxylic acids is 3. The summed E-state index contributed by atoms with van der Waals surface area (Å²) in [5.41, 5.74) is 2.34. The van der Waals surface area contributed by atoms with Gasteiger partial charge < -0.3 is 10.4 Å². The third kappa shape index (κ3) is 6.15. The molecule has 1 aromatic heterocycles. The zero-order chi connectivity index (χ0) is 27.1. The second kappa shape index (κ2) is 12.3. The molecule has 0 aliphatic carbocycles. The standard InChI is InChI=1S/C30H32N4O4/c1-21(2)28-30(38)33(19-27(36)32-24(20-35)17-22-11-5-3-6-12-22)26(23-13-7-4-8-14-23)18-34(28)29(37)25-15-9-10-16-31-25/h3-16,18,21,24,28,35H,17,19-20H2,1-2H3,(H,32,36)/t24-,28-/m0/s1. The molecule has 2 atom stereocenters. The summed E-state index contributed by atoms with van der Waals surface area (Å²) in [6, 6.07) is 22.5. The number of pyridine rings is 1. The molecule has 3 aromatic rings. The summed E-state index contributed by atoms with van der Waals surface area (Å²) in [6.07, 6.45) is 3.63. The summed E-state index contributed by atoms with van der Waals surface area (Å²) in [5.74, 6) is -1.37. The summed E-state index contributed by atoms with van der Waals surface area (Å²) < 4.78 is 0. The Kier molecular flexibility index (Phi) is 8.66. The van der Waals surface area contributed by atoms with E-state index in [-0.39, 0.29) is 30.7 Å². The predicted molar refractivity (Wildman–Crippen MR) is 144 cm³/mol. The normalized spacial score (nSPS) is 16.3. The molecule has 1 aliphatic heterocycles. The highest BCUT2D eigenvalue weighted by Gasteiger charge is 2.41. The summed E-state index contributed by atoms with van der Waals surface area (Å²) in [4.78, 5) is 47.6. The van der Waals surface area contributed by atoms with Crippen LogP contribution >= 0.6 is 0 Å². The van der Waals surface area contributed by atoms with Gasteiger partial charge in [-0.2, -0.15) is 0 Å². The number of nitrogens with one attached hydrogen (secondary N) is 1. The van der Waals surface area contributed by atoms with Gasteiger partial charge in [-0.25, -0.2) is 0 Å². The first-order valence-corrected chi connectivity index (χ1v) is 12.7. The van der Waals surface area contributed by atoms with Crippen molar-refractivity contribution >= 4 is 23.4 Å². The zero-order valence-corrected chi connectivity index (χ0v) is 21.5. The minimum atomic E-state index is -0.817. The average molecular weight is 513 g/mol. The minimum Gasteiger partial charge on any atom is -0.394 e. The fourth-order valence-electron chi connectivity index (χ4n) is 4.57. The van der Waals surface area contributed by atoms with Gasteiger partial charge in [0.2, 0.25) is 5.91 Å². The van der Waals surface area contributed by atoms with E-state index >= 15 is 0 Å². The molecule has 2 N–H and O–H groups in total. The zero-order valence-electron chi connectivity index (χ0n) is 21.5. The smallest absolute Gasteiger partial charge is 0.277 e. The van der Waals surface area contributed by atoms with Crippen molar-refractivity contribution in [1.82, 2.24) is 20.1 Å². The number of nitrogens with zero attached hydrogens (tertiary/aromatic N) is 3. The fraction of sp³-hybridized carbons (Fsp3) is 0.267. The largest absolute Gasteiger partial charge is 0.394 e. The van der Waals surface area contributed by atoms with Crippen molar-refractivity contribution in [3.8, 4) is 0 Å². The van der Waals surface area contributed by atoms with Crippen LogP contribution in [0.25, 0.3) is 5.70 Å². The molecule has 2 aromatic carbocycles. The molecule has 0 fully saturated rings. The fourth-order valence-corrected chi connectivity index (χ4v) is 4.57. The minimum absolute atomic E-state index is 0.224. The highest BCUT2D eigenvalue weighted by atomic mass is 16.3. The van der Waals surface area contributed by atoms with E-state index in [1.54, 1.807) is 24.4 Å². The Balaban J connectivity index is 1.64. The van der Waals surface area contributed by atoms with E-state index in [0.717, 1.165) is 5.56 Å². The molecule has 3 amide bonds. The summed E-state index contributed by atoms with van der Waals surface area (Å²) in [6.45, 7) is 3.24. The van der Waals surface area contributed by atoms with E-state index in [2.05, 4.69) is 10.3 Å². The summed E-state index contributed by atoms with van der Waals surface area (Å²) >= 11 is 0. The summed E-state index contributed by atoms with van der Waals surface area (Å²) in [5, 5.41) is 12.7. The van der Waals surface area contributed by atoms with Gasteiger partial charge in [0.05, 0.1) is 18.3 Å². The second-order valence-electron chi connectivity index (χ2n) is 9.56. The molecule has 8 nitrogen and oxygen atoms in total. The molecular weight excluding hydrogens is 480 g/mol. The second-order valence-corrected chi connectivity index (χ2v) is 9.56. The van der Waals surface area contributed by atoms with Gasteiger partial charge in [0.25, 0.3) is 11.8 Å². The van der Waals surface area contributed by atoms with Gasteiger partial charge in [-0.3, -0.25) is 29.2 Å². The molecule has 0 saturated carbocycles. The van der Waals surface area contributed by atoms with E-state index in [4.69, 9.17) is 0 Å². The first kappa shape index (κ1) is 26.8. The first-order chi connectivity index (χ1) is 18.4. The van der Waals surface area contributed by atoms with Crippen LogP contribution in [0.15, 0.2) is 91.3 Å². The van der Waals surface area contributed by atoms with E-state index in [0.29, 0.717) is 17.7 Å². The number of hydrogen-bond donors (Lipinski definition) is 2. The lowest BCUT2D eigenvalue weighted by atomic mass is 9.96. The van der Waals surface area contributed by atoms with Crippen LogP contribution in [0, 0.1) is 5.92 Å². The van der Waals surface area contributed by atoms with Crippen molar-refractivity contribution in [2.75, 3.05) is 13.2 Å². The van der Waals surface area contributed by atoms with Gasteiger partial charge in [0.15, 0.2) is 0 Å². The topological polar surface area (TPSA) is 103 Å². The van der Waals surface area contributed by atoms with Crippen molar-refractivity contribution in [2.24, 2.45) is 5.92 Å². The molecule has 0 radical (unpaired) electrons. The molecular formula is C30H32N4O4. The number of rotatable bonds is 9. The molecule has 196 valence electrons. The van der Waals surface area contributed by atoms with Gasteiger partial charge >= 0.3 is 0 Å². The van der Waals surface area contributed by atoms with Crippen LogP contribution in [0.1, 0.15) is 35.5 Å². The Labute approximate surface area is 222 Å². The molecule has 1 aliphatic rings. The molecule has 8 heteroatoms. The lowest BCUT2D eigenvalue weighted by Crippen LogP contribution is -2.56. The van der Waals surface area contributed by atoms with Gasteiger partial charge in [-0.05, 0) is 35.6 Å². The van der Waals surface area contributed by atoms with E-state index in [1.807, 2.05) is 74.5 Å². The van der Waals surface area contributed by atoms with Crippen molar-refractivity contribution in [1.29, 1.82) is 0 Å². The monoisotopic (exact) mass is 512 g/mol. The molecule has 0 spiro atoms. The van der Waals surface area contributed by atoms with Crippen LogP contribution < -0.4 is 5.32 Å². The van der Waals surface area contributed by atoms with E-state index in [9.17, 15) is 19.5 Å². The highest BCUT2D eigenvalue weighted by Crippen LogP contribution is 2.30. The Hall–Kier alpha value is -4.30. The number of aliphatic hydroxyl groups is 1. The van der Waals surface area contributed by atoms with Crippen LogP contribution in [-0.2, 0) is 16.0 Å². The molecule has 38 heavy (non-hydrogen) atoms. The molecule has 0 bridgehead atoms. The maximum Gasteiger partial charge on any atom is 0.277 e. The van der Waals surface area contributed by atoms with Crippen molar-refractivity contribution in [3.05, 3.63) is 108 Å². The maximum atomic E-state index is 13.9. The highest BCUT2D eigenvalue weighted by molar-refractivity contribution is 6.03. The van der Waals surface area contributed by atoms with Crippen molar-refractivity contribution in [2.45, 2.75) is 32.4 Å². The third-order valence-electron chi connectivity index (χ3n) is 6.40. The number of aromatic nitrogens is 1. The van der Waals surface area contributed by atoms with Crippen molar-refractivity contribution in [3.63, 3.8) is 0 Å². The number of benzene rings is 2. The van der Waals surface area contributed by atoms with Gasteiger partial charge in [0.1, 0.15) is 18.3 Å². The summed E-state index contributed by atoms with van der Waals surface area (Å²) in [7, 11) is 0. The third-order valence-corrected chi connectivity index (χ3v) is 6.40. The quantitative estimate of drug-likeness (QED) is 0.459. The first-order valence-electron chi connectivity index (χ1n) is 12.7. The van der Waals surface area contributed by atoms with Crippen LogP contribution in [-0.4, -0.2) is 62.8 Å². The number of hydrogen-bond acceptors (Lipinski definition) is 5. The van der Waals surface area contributed by atoms with Crippen LogP contribution in [0.4, 0.5) is 0 Å². The number of carbonyl (C=O) groups is 3. The lowest BCUT2D eigenvalue weighted by molar-refractivity contribution is -0.138. The Morgan fingerprint density at radius 1 is 0.974 bits per heavy atom. The molecule has 4 rings (SSSR count). The van der Waals surface area contributed by atoms with Crippen LogP contribution in [0.5, 0.6) is 0 Å². The number of amides is 3. The molecule has 2 heterocycles. The van der Waals surface area contributed by atoms with E-state index in [1.165, 1.54) is 16.0 Å². The van der Waals surface area contributed by atoms with Gasteiger partial charge in [-0.15, -0.1) is 0 Å². The van der Waals surface area contributed by atoms with Crippen LogP contribution in [0.3, 0.4) is 0 Å². The molecule has 0 unspecified atom stereocenters. The lowest BCUT2D eigenvalue weighted by Gasteiger charge is -2.41. The maximum absolute atomic E-state index is 13.9. The average Bonchev–Trinajstić information content (AvgIpc) is 2.94. The van der Waals surface area contributed by atoms with Crippen LogP contribution in [0.2, 0.25) is 0 Å².